The molecule has 218 valence electrons. The molecule has 22 heteroatoms. The maximum Gasteiger partial charge on any atom is 0.472 e. The molecule has 2 fully saturated rings. The van der Waals surface area contributed by atoms with Crippen LogP contribution in [0.5, 0.6) is 0 Å². The number of hydrogen-bond acceptors (Lipinski definition) is 17. The highest BCUT2D eigenvalue weighted by Crippen LogP contribution is 2.49. The molecule has 40 heavy (non-hydrogen) atoms. The third kappa shape index (κ3) is 5.10. The second-order valence-electron chi connectivity index (χ2n) is 8.80. The number of phosphoric acid groups is 1. The van der Waals surface area contributed by atoms with E-state index in [4.69, 9.17) is 30.0 Å². The van der Waals surface area contributed by atoms with Crippen LogP contribution in [0.3, 0.4) is 0 Å². The Morgan fingerprint density at radius 1 is 1.00 bits per heavy atom. The first-order chi connectivity index (χ1) is 18.9. The number of nitrogens with one attached hydrogen (secondary N) is 1. The predicted molar refractivity (Wildman–Crippen MR) is 127 cm³/mol. The van der Waals surface area contributed by atoms with E-state index >= 15 is 0 Å². The van der Waals surface area contributed by atoms with Crippen LogP contribution in [0.15, 0.2) is 22.2 Å². The number of imidazole rings is 1. The quantitative estimate of drug-likeness (QED) is 0.114. The Kier molecular flexibility index (Phi) is 7.43. The van der Waals surface area contributed by atoms with Crippen LogP contribution in [-0.2, 0) is 23.1 Å². The topological polar surface area (TPSA) is 319 Å². The summed E-state index contributed by atoms with van der Waals surface area (Å²) in [4.78, 5) is 51.5. The number of aliphatic hydroxyl groups excluding tert-OH is 4. The lowest BCUT2D eigenvalue weighted by Gasteiger charge is -2.23. The summed E-state index contributed by atoms with van der Waals surface area (Å²) in [6.07, 6.45) is -10.3. The van der Waals surface area contributed by atoms with Crippen molar-refractivity contribution in [2.24, 2.45) is 0 Å². The number of nitrogens with two attached hydrogens (primary N) is 2. The summed E-state index contributed by atoms with van der Waals surface area (Å²) in [5.41, 5.74) is 9.13. The Morgan fingerprint density at radius 2 is 1.68 bits per heavy atom. The third-order valence-electron chi connectivity index (χ3n) is 6.23. The van der Waals surface area contributed by atoms with Gasteiger partial charge < -0.3 is 46.3 Å². The maximum absolute atomic E-state index is 12.7. The molecule has 2 aliphatic rings. The van der Waals surface area contributed by atoms with E-state index in [9.17, 15) is 39.5 Å². The molecule has 3 aromatic rings. The Labute approximate surface area is 221 Å². The van der Waals surface area contributed by atoms with Crippen LogP contribution in [0.1, 0.15) is 12.5 Å². The minimum atomic E-state index is -5.05. The first kappa shape index (κ1) is 28.2. The van der Waals surface area contributed by atoms with Crippen molar-refractivity contribution in [3.63, 3.8) is 0 Å². The van der Waals surface area contributed by atoms with Crippen molar-refractivity contribution in [1.29, 1.82) is 0 Å². The minimum absolute atomic E-state index is 0.0549. The fourth-order valence-electron chi connectivity index (χ4n) is 4.33. The molecule has 0 bridgehead atoms. The fourth-order valence-corrected chi connectivity index (χ4v) is 5.30. The summed E-state index contributed by atoms with van der Waals surface area (Å²) in [5.74, 6) is -0.576. The first-order valence-electron chi connectivity index (χ1n) is 11.4. The Bertz CT molecular complexity index is 1560. The van der Waals surface area contributed by atoms with Crippen molar-refractivity contribution >= 4 is 30.9 Å². The number of aromatic amines is 1. The van der Waals surface area contributed by atoms with E-state index in [1.54, 1.807) is 0 Å². The van der Waals surface area contributed by atoms with Gasteiger partial charge in [-0.05, 0) is 0 Å². The van der Waals surface area contributed by atoms with E-state index in [-0.39, 0.29) is 23.1 Å². The second kappa shape index (κ2) is 10.6. The Morgan fingerprint density at radius 3 is 2.38 bits per heavy atom. The number of aromatic nitrogens is 7. The highest BCUT2D eigenvalue weighted by molar-refractivity contribution is 7.47. The van der Waals surface area contributed by atoms with Crippen LogP contribution in [-0.4, -0.2) is 109 Å². The van der Waals surface area contributed by atoms with E-state index in [2.05, 4.69) is 24.9 Å². The zero-order chi connectivity index (χ0) is 28.9. The molecule has 0 amide bonds. The van der Waals surface area contributed by atoms with Gasteiger partial charge in [0.15, 0.2) is 23.6 Å². The molecular formula is C18H24N9O12P. The highest BCUT2D eigenvalue weighted by Gasteiger charge is 2.50. The molecule has 0 spiro atoms. The van der Waals surface area contributed by atoms with Gasteiger partial charge in [0.25, 0.3) is 5.56 Å². The lowest BCUT2D eigenvalue weighted by molar-refractivity contribution is -0.0596. The fraction of sp³-hybridized carbons (Fsp3) is 0.556. The normalized spacial score (nSPS) is 32.0. The van der Waals surface area contributed by atoms with Gasteiger partial charge in [-0.2, -0.15) is 9.97 Å². The van der Waals surface area contributed by atoms with Gasteiger partial charge in [0, 0.05) is 0 Å². The van der Waals surface area contributed by atoms with Crippen molar-refractivity contribution in [2.75, 3.05) is 24.7 Å². The number of phosphoric ester groups is 1. The lowest BCUT2D eigenvalue weighted by Crippen LogP contribution is -2.38. The summed E-state index contributed by atoms with van der Waals surface area (Å²) in [5, 5.41) is 41.3. The van der Waals surface area contributed by atoms with Gasteiger partial charge >= 0.3 is 13.5 Å². The molecule has 2 saturated heterocycles. The summed E-state index contributed by atoms with van der Waals surface area (Å²) in [6.45, 7) is -1.59. The van der Waals surface area contributed by atoms with Crippen molar-refractivity contribution in [3.8, 4) is 0 Å². The number of hydrogen-bond donors (Lipinski definition) is 8. The third-order valence-corrected chi connectivity index (χ3v) is 7.21. The molecule has 21 nitrogen and oxygen atoms in total. The number of rotatable bonds is 8. The number of fused-ring (bicyclic) bond motifs is 1. The number of H-pyrrole nitrogens is 1. The van der Waals surface area contributed by atoms with Crippen molar-refractivity contribution in [1.82, 2.24) is 34.1 Å². The number of anilines is 2. The molecule has 2 aliphatic heterocycles. The smallest absolute Gasteiger partial charge is 0.394 e. The van der Waals surface area contributed by atoms with Gasteiger partial charge in [0.1, 0.15) is 43.0 Å². The van der Waals surface area contributed by atoms with Gasteiger partial charge in [-0.1, -0.05) is 0 Å². The molecule has 1 unspecified atom stereocenters. The molecule has 0 aliphatic carbocycles. The molecule has 0 radical (unpaired) electrons. The predicted octanol–water partition coefficient (Wildman–Crippen LogP) is -4.69. The monoisotopic (exact) mass is 589 g/mol. The van der Waals surface area contributed by atoms with Gasteiger partial charge in [0.2, 0.25) is 11.9 Å². The molecule has 9 atom stereocenters. The van der Waals surface area contributed by atoms with Crippen LogP contribution >= 0.6 is 7.82 Å². The molecule has 10 N–H and O–H groups in total. The Balaban J connectivity index is 1.27. The number of ether oxygens (including phenoxy) is 2. The summed E-state index contributed by atoms with van der Waals surface area (Å²) < 4.78 is 35.5. The summed E-state index contributed by atoms with van der Waals surface area (Å²) in [6, 6.07) is 0. The van der Waals surface area contributed by atoms with Crippen LogP contribution < -0.4 is 22.7 Å². The molecule has 5 heterocycles. The van der Waals surface area contributed by atoms with Gasteiger partial charge in [-0.3, -0.25) is 28.0 Å². The van der Waals surface area contributed by atoms with Gasteiger partial charge in [-0.15, -0.1) is 0 Å². The second-order valence-corrected chi connectivity index (χ2v) is 10.2. The maximum atomic E-state index is 12.7. The van der Waals surface area contributed by atoms with Crippen molar-refractivity contribution in [3.05, 3.63) is 33.5 Å². The van der Waals surface area contributed by atoms with E-state index in [0.29, 0.717) is 0 Å². The zero-order valence-electron chi connectivity index (χ0n) is 20.1. The van der Waals surface area contributed by atoms with Crippen LogP contribution in [0.4, 0.5) is 11.9 Å². The SMILES string of the molecule is Nc1ncn([C@@H]2O[C@H](CO)[C@@H](OP(=O)(O)OC[C@H]3O[C@@H](n4cnc5c(=O)[nH]c(N)nc54)[C@H](O)[C@@H]3O)[C@H]2O)c(=O)n1. The Hall–Kier alpha value is -3.37. The highest BCUT2D eigenvalue weighted by atomic mass is 31.2. The minimum Gasteiger partial charge on any atom is -0.394 e. The van der Waals surface area contributed by atoms with Crippen molar-refractivity contribution in [2.45, 2.75) is 49.1 Å². The van der Waals surface area contributed by atoms with E-state index < -0.39 is 81.4 Å². The largest absolute Gasteiger partial charge is 0.472 e. The molecular weight excluding hydrogens is 565 g/mol. The number of aliphatic hydroxyl groups is 4. The summed E-state index contributed by atoms with van der Waals surface area (Å²) >= 11 is 0. The summed E-state index contributed by atoms with van der Waals surface area (Å²) in [7, 11) is -5.05. The standard InChI is InChI=1S/C18H24N9O12P/c19-16-22-4-27(18(33)25-16)15-10(31)11(5(1-28)37-15)39-40(34,35)36-2-6-8(29)9(30)14(38-6)26-3-21-7-12(26)23-17(20)24-13(7)32/h3-6,8-11,14-15,28-31H,1-2H2,(H,34,35)(H2,19,25,33)(H3,20,23,24,32)/t5-,6-,8-,9-,10-,11-,14-,15-/m1/s1. The van der Waals surface area contributed by atoms with E-state index in [1.807, 2.05) is 0 Å². The average molecular weight is 589 g/mol. The first-order valence-corrected chi connectivity index (χ1v) is 12.9. The molecule has 3 aromatic heterocycles. The van der Waals surface area contributed by atoms with Gasteiger partial charge in [-0.25, -0.2) is 19.3 Å². The molecule has 0 saturated carbocycles. The van der Waals surface area contributed by atoms with Crippen molar-refractivity contribution < 1.29 is 48.4 Å². The van der Waals surface area contributed by atoms with Crippen LogP contribution in [0.25, 0.3) is 11.2 Å². The van der Waals surface area contributed by atoms with E-state index in [0.717, 1.165) is 21.8 Å². The average Bonchev–Trinajstić information content (AvgIpc) is 3.53. The van der Waals surface area contributed by atoms with Crippen LogP contribution in [0, 0.1) is 0 Å². The number of nitrogen functional groups attached to an aromatic ring is 2. The molecule has 0 aromatic carbocycles. The van der Waals surface area contributed by atoms with Gasteiger partial charge in [0.05, 0.1) is 19.5 Å². The van der Waals surface area contributed by atoms with E-state index in [1.165, 1.54) is 0 Å². The number of nitrogens with zero attached hydrogens (tertiary/aromatic N) is 6. The van der Waals surface area contributed by atoms with Crippen LogP contribution in [0.2, 0.25) is 0 Å². The molecule has 5 rings (SSSR count). The zero-order valence-corrected chi connectivity index (χ0v) is 21.0. The lowest BCUT2D eigenvalue weighted by atomic mass is 10.1.